The number of hydrogen-bond acceptors (Lipinski definition) is 2. The molecule has 0 saturated heterocycles. The van der Waals surface area contributed by atoms with E-state index in [1.54, 1.807) is 0 Å². The molecule has 1 N–H and O–H groups in total. The molecule has 0 aromatic rings. The number of rotatable bonds is 0. The topological polar surface area (TPSA) is 49.3 Å². The Morgan fingerprint density at radius 2 is 2.23 bits per heavy atom. The molecule has 0 bridgehead atoms. The molecule has 2 rings (SSSR count). The molecule has 4 nitrogen and oxygen atoms in total. The van der Waals surface area contributed by atoms with Crippen molar-refractivity contribution >= 4 is 12.4 Å². The Kier molecular flexibility index (Phi) is 1.78. The molecule has 0 unspecified atom stereocenters. The summed E-state index contributed by atoms with van der Waals surface area (Å²) in [7, 11) is 0. The summed E-state index contributed by atoms with van der Waals surface area (Å²) >= 11 is 0. The van der Waals surface area contributed by atoms with Crippen molar-refractivity contribution in [2.24, 2.45) is 0 Å². The van der Waals surface area contributed by atoms with Gasteiger partial charge in [-0.05, 0) is 17.6 Å². The first-order valence-electron chi connectivity index (χ1n) is 4.76. The van der Waals surface area contributed by atoms with Crippen LogP contribution in [0.5, 0.6) is 0 Å². The zero-order valence-electron chi connectivity index (χ0n) is 7.81. The van der Waals surface area contributed by atoms with Crippen LogP contribution in [0.2, 0.25) is 0 Å². The second kappa shape index (κ2) is 2.72. The molecule has 0 radical (unpaired) electrons. The van der Waals surface area contributed by atoms with E-state index in [-0.39, 0.29) is 6.04 Å². The summed E-state index contributed by atoms with van der Waals surface area (Å²) in [5.74, 6) is 0. The maximum atomic E-state index is 11.6. The number of hydrogen-bond donors (Lipinski definition) is 1. The van der Waals surface area contributed by atoms with Gasteiger partial charge in [-0.1, -0.05) is 0 Å². The lowest BCUT2D eigenvalue weighted by molar-refractivity contribution is -0.828. The Bertz CT molecular complexity index is 285. The van der Waals surface area contributed by atoms with Crippen LogP contribution in [0.3, 0.4) is 0 Å². The summed E-state index contributed by atoms with van der Waals surface area (Å²) < 4.78 is 2.18. The van der Waals surface area contributed by atoms with Crippen molar-refractivity contribution in [1.29, 1.82) is 0 Å². The van der Waals surface area contributed by atoms with Crippen LogP contribution in [-0.2, 0) is 0 Å². The molecule has 1 heterocycles. The maximum Gasteiger partial charge on any atom is 0.280 e. The lowest BCUT2D eigenvalue weighted by Crippen LogP contribution is -2.57. The Hall–Kier alpha value is -1.06. The second-order valence-electron chi connectivity index (χ2n) is 4.12. The Balaban J connectivity index is 2.37. The minimum atomic E-state index is -0.429. The van der Waals surface area contributed by atoms with Gasteiger partial charge in [-0.25, -0.2) is 0 Å². The highest BCUT2D eigenvalue weighted by atomic mass is 16.5. The molecule has 1 aliphatic heterocycles. The van der Waals surface area contributed by atoms with E-state index in [1.165, 1.54) is 17.2 Å². The average Bonchev–Trinajstić information content (AvgIpc) is 2.12. The van der Waals surface area contributed by atoms with Gasteiger partial charge < -0.3 is 5.21 Å². The first-order chi connectivity index (χ1) is 6.14. The largest absolute Gasteiger partial charge is 0.623 e. The maximum absolute atomic E-state index is 11.6. The number of fused-ring (bicyclic) bond motifs is 1. The highest BCUT2D eigenvalue weighted by molar-refractivity contribution is 6.11. The van der Waals surface area contributed by atoms with Gasteiger partial charge in [-0.3, -0.25) is 5.21 Å². The number of hydroxylamine groups is 2. The molecule has 72 valence electrons. The molecule has 2 aliphatic rings. The van der Waals surface area contributed by atoms with Crippen LogP contribution in [0, 0.1) is 5.21 Å². The van der Waals surface area contributed by atoms with Crippen LogP contribution >= 0.6 is 0 Å². The van der Waals surface area contributed by atoms with Gasteiger partial charge in [0.15, 0.2) is 0 Å². The molecule has 0 amide bonds. The van der Waals surface area contributed by atoms with E-state index in [1.807, 2.05) is 6.92 Å². The first-order valence-corrected chi connectivity index (χ1v) is 4.76. The summed E-state index contributed by atoms with van der Waals surface area (Å²) in [6.07, 6.45) is 6.79. The summed E-state index contributed by atoms with van der Waals surface area (Å²) in [6.45, 7) is 1.93. The molecule has 0 aromatic carbocycles. The van der Waals surface area contributed by atoms with E-state index in [9.17, 15) is 10.4 Å². The van der Waals surface area contributed by atoms with E-state index in [0.717, 1.165) is 30.4 Å². The van der Waals surface area contributed by atoms with Crippen molar-refractivity contribution in [1.82, 2.24) is 0 Å². The Labute approximate surface area is 77.4 Å². The van der Waals surface area contributed by atoms with Crippen molar-refractivity contribution in [3.63, 3.8) is 0 Å². The van der Waals surface area contributed by atoms with Crippen molar-refractivity contribution in [2.75, 3.05) is 0 Å². The van der Waals surface area contributed by atoms with E-state index >= 15 is 0 Å². The van der Waals surface area contributed by atoms with Crippen molar-refractivity contribution in [3.8, 4) is 0 Å². The fourth-order valence-electron chi connectivity index (χ4n) is 2.38. The lowest BCUT2D eigenvalue weighted by atomic mass is 9.78. The lowest BCUT2D eigenvalue weighted by Gasteiger charge is -2.35. The Morgan fingerprint density at radius 1 is 1.46 bits per heavy atom. The smallest absolute Gasteiger partial charge is 0.280 e. The zero-order chi connectivity index (χ0) is 9.47. The van der Waals surface area contributed by atoms with E-state index in [2.05, 4.69) is 0 Å². The molecule has 0 spiro atoms. The summed E-state index contributed by atoms with van der Waals surface area (Å²) in [6, 6.07) is -0.0382. The van der Waals surface area contributed by atoms with Gasteiger partial charge in [0.1, 0.15) is 0 Å². The molecular weight excluding hydrogens is 168 g/mol. The fourth-order valence-corrected chi connectivity index (χ4v) is 2.38. The van der Waals surface area contributed by atoms with E-state index in [0.29, 0.717) is 0 Å². The second-order valence-corrected chi connectivity index (χ2v) is 4.12. The Morgan fingerprint density at radius 3 is 2.92 bits per heavy atom. The van der Waals surface area contributed by atoms with Crippen LogP contribution in [-0.4, -0.2) is 38.7 Å². The number of nitrogens with zero attached hydrogens (tertiary/aromatic N) is 2. The average molecular weight is 183 g/mol. The van der Waals surface area contributed by atoms with Gasteiger partial charge in [-0.2, -0.15) is 4.74 Å². The van der Waals surface area contributed by atoms with E-state index < -0.39 is 5.54 Å². The normalized spacial score (nSPS) is 39.0. The van der Waals surface area contributed by atoms with E-state index in [4.69, 9.17) is 0 Å². The van der Waals surface area contributed by atoms with Crippen LogP contribution in [0.4, 0.5) is 0 Å². The van der Waals surface area contributed by atoms with Crippen LogP contribution in [0.15, 0.2) is 0 Å². The van der Waals surface area contributed by atoms with Gasteiger partial charge in [-0.15, -0.1) is 0 Å². The summed E-state index contributed by atoms with van der Waals surface area (Å²) in [5.41, 5.74) is -0.429. The monoisotopic (exact) mass is 183 g/mol. The van der Waals surface area contributed by atoms with Gasteiger partial charge >= 0.3 is 0 Å². The molecule has 1 saturated carbocycles. The molecule has 1 fully saturated rings. The first kappa shape index (κ1) is 8.53. The zero-order valence-corrected chi connectivity index (χ0v) is 7.81. The van der Waals surface area contributed by atoms with Crippen LogP contribution in [0.1, 0.15) is 32.6 Å². The predicted molar refractivity (Wildman–Crippen MR) is 48.5 cm³/mol. The van der Waals surface area contributed by atoms with Crippen LogP contribution in [0.25, 0.3) is 0 Å². The van der Waals surface area contributed by atoms with Gasteiger partial charge in [0.25, 0.3) is 12.3 Å². The SMILES string of the molecule is C[C@@]12CCCC[C@H]1[N+](O)=CC=[N+]2[O-]. The van der Waals surface area contributed by atoms with Crippen LogP contribution < -0.4 is 0 Å². The highest BCUT2D eigenvalue weighted by Gasteiger charge is 2.53. The van der Waals surface area contributed by atoms with Gasteiger partial charge in [0.05, 0.1) is 0 Å². The highest BCUT2D eigenvalue weighted by Crippen LogP contribution is 2.33. The molecule has 2 atom stereocenters. The third-order valence-corrected chi connectivity index (χ3v) is 3.31. The third-order valence-electron chi connectivity index (χ3n) is 3.31. The fraction of sp³-hybridized carbons (Fsp3) is 0.778. The molecule has 4 heteroatoms. The molecular formula is C9H15N2O2+. The molecule has 0 aromatic heterocycles. The summed E-state index contributed by atoms with van der Waals surface area (Å²) in [5, 5.41) is 21.2. The van der Waals surface area contributed by atoms with Crippen molar-refractivity contribution in [2.45, 2.75) is 44.2 Å². The third kappa shape index (κ3) is 1.12. The minimum absolute atomic E-state index is 0.0382. The standard InChI is InChI=1S/C9H15N2O2/c1-9-5-3-2-4-8(9)10(12)6-7-11(9)13/h6-8,12H,2-5H2,1H3/q+1/t8-,9-/m1/s1. The molecule has 1 aliphatic carbocycles. The quantitative estimate of drug-likeness (QED) is 0.342. The van der Waals surface area contributed by atoms with Crippen molar-refractivity contribution in [3.05, 3.63) is 5.21 Å². The van der Waals surface area contributed by atoms with Gasteiger partial charge in [0.2, 0.25) is 11.8 Å². The van der Waals surface area contributed by atoms with Crippen molar-refractivity contribution < 1.29 is 14.7 Å². The molecule has 13 heavy (non-hydrogen) atoms. The predicted octanol–water partition coefficient (Wildman–Crippen LogP) is 0.755. The minimum Gasteiger partial charge on any atom is -0.623 e. The summed E-state index contributed by atoms with van der Waals surface area (Å²) in [4.78, 5) is 0. The van der Waals surface area contributed by atoms with Gasteiger partial charge in [0, 0.05) is 19.8 Å².